The Hall–Kier alpha value is -0.925. The summed E-state index contributed by atoms with van der Waals surface area (Å²) in [5.74, 6) is 0. The number of pyridine rings is 1. The van der Waals surface area contributed by atoms with Crippen molar-refractivity contribution in [2.75, 3.05) is 7.18 Å². The molecule has 0 aliphatic carbocycles. The minimum absolute atomic E-state index is 0. The van der Waals surface area contributed by atoms with Gasteiger partial charge in [-0.3, -0.25) is 9.37 Å². The molecule has 0 saturated heterocycles. The molecule has 4 heteroatoms. The Bertz CT molecular complexity index is 111. The fourth-order valence-electron chi connectivity index (χ4n) is 0.313. The maximum absolute atomic E-state index is 10.2. The lowest BCUT2D eigenvalue weighted by atomic mass is 10.2. The fraction of sp³-hybridized carbons (Fsp3) is 0.615. The number of rotatable bonds is 0. The highest BCUT2D eigenvalue weighted by molar-refractivity contribution is 6.23. The van der Waals surface area contributed by atoms with E-state index in [4.69, 9.17) is 0 Å². The number of alkyl halides is 1. The molecule has 0 atom stereocenters. The second-order valence-corrected chi connectivity index (χ2v) is 1.95. The third-order valence-corrected chi connectivity index (χ3v) is 0.566. The monoisotopic (exact) mass is 247 g/mol. The van der Waals surface area contributed by atoms with Crippen LogP contribution in [0.5, 0.6) is 0 Å². The fourth-order valence-corrected chi connectivity index (χ4v) is 0.313. The molecule has 0 fully saturated rings. The molecule has 17 heavy (non-hydrogen) atoms. The van der Waals surface area contributed by atoms with Crippen LogP contribution in [0.3, 0.4) is 0 Å². The van der Waals surface area contributed by atoms with E-state index in [0.29, 0.717) is 14.7 Å². The summed E-state index contributed by atoms with van der Waals surface area (Å²) in [6, 6.07) is 5.72. The van der Waals surface area contributed by atoms with Gasteiger partial charge in [0.1, 0.15) is 0 Å². The summed E-state index contributed by atoms with van der Waals surface area (Å²) in [5, 5.41) is 0. The van der Waals surface area contributed by atoms with Gasteiger partial charge in [0.2, 0.25) is 0 Å². The zero-order valence-corrected chi connectivity index (χ0v) is 11.4. The molecular formula is C13H29BF2N. The molecule has 103 valence electrons. The molecule has 0 aliphatic heterocycles. The van der Waals surface area contributed by atoms with Gasteiger partial charge >= 0.3 is 7.56 Å². The number of halogens is 2. The largest absolute Gasteiger partial charge is 0.351 e. The second-order valence-electron chi connectivity index (χ2n) is 1.95. The predicted octanol–water partition coefficient (Wildman–Crippen LogP) is 5.37. The molecule has 1 nitrogen and oxygen atoms in total. The second kappa shape index (κ2) is 59.7. The zero-order valence-electron chi connectivity index (χ0n) is 11.4. The molecule has 0 saturated carbocycles. The number of aromatic nitrogens is 1. The van der Waals surface area contributed by atoms with Crippen LogP contribution in [-0.4, -0.2) is 19.7 Å². The van der Waals surface area contributed by atoms with Crippen LogP contribution < -0.4 is 0 Å². The summed E-state index contributed by atoms with van der Waals surface area (Å²) in [4.78, 5) is 3.78. The Morgan fingerprint density at radius 1 is 1.00 bits per heavy atom. The topological polar surface area (TPSA) is 12.9 Å². The highest BCUT2D eigenvalue weighted by Gasteiger charge is 1.58. The zero-order chi connectivity index (χ0) is 13.7. The van der Waals surface area contributed by atoms with Gasteiger partial charge < -0.3 is 4.32 Å². The maximum Gasteiger partial charge on any atom is 0.351 e. The van der Waals surface area contributed by atoms with Crippen molar-refractivity contribution < 1.29 is 8.71 Å². The molecule has 0 aliphatic rings. The van der Waals surface area contributed by atoms with Crippen molar-refractivity contribution in [2.24, 2.45) is 0 Å². The lowest BCUT2D eigenvalue weighted by Crippen LogP contribution is -1.58. The summed E-state index contributed by atoms with van der Waals surface area (Å²) in [6.45, 7) is 9.58. The van der Waals surface area contributed by atoms with E-state index in [0.717, 1.165) is 0 Å². The Morgan fingerprint density at radius 2 is 1.24 bits per heavy atom. The summed E-state index contributed by atoms with van der Waals surface area (Å²) in [6.07, 6.45) is 4.75. The standard InChI is InChI=1S/C5H5N.C3H8.C2H6.CH3BF.CH3F.CH4/c1-2-4-6-5-3-1;1-3-2;1-2;1-2-3;1-2;/h1-5H;3H2,1-2H3;1-2H3;1H3;1H3;1H4/i;;;;2-1;. The van der Waals surface area contributed by atoms with E-state index in [2.05, 4.69) is 18.8 Å². The highest BCUT2D eigenvalue weighted by atomic mass is 19.1. The Balaban J connectivity index is -0.0000000386. The van der Waals surface area contributed by atoms with E-state index in [1.165, 1.54) is 13.2 Å². The van der Waals surface area contributed by atoms with Crippen molar-refractivity contribution in [3.63, 3.8) is 0 Å². The van der Waals surface area contributed by atoms with Crippen LogP contribution in [0.1, 0.15) is 41.5 Å². The van der Waals surface area contributed by atoms with Crippen LogP contribution in [0, 0.1) is 0 Å². The minimum atomic E-state index is 0. The molecule has 0 N–H and O–H groups in total. The van der Waals surface area contributed by atoms with Gasteiger partial charge in [0.05, 0.1) is 7.18 Å². The van der Waals surface area contributed by atoms with Gasteiger partial charge in [-0.2, -0.15) is 0 Å². The molecule has 1 radical (unpaired) electrons. The molecule has 1 rings (SSSR count). The lowest BCUT2D eigenvalue weighted by molar-refractivity contribution is 0.636. The van der Waals surface area contributed by atoms with Crippen LogP contribution in [0.2, 0.25) is 6.82 Å². The number of hydrogen-bond donors (Lipinski definition) is 0. The first-order chi connectivity index (χ1) is 7.83. The van der Waals surface area contributed by atoms with Crippen molar-refractivity contribution in [1.82, 2.24) is 4.98 Å². The van der Waals surface area contributed by atoms with Crippen molar-refractivity contribution in [1.29, 1.82) is 0 Å². The van der Waals surface area contributed by atoms with Crippen LogP contribution in [-0.2, 0) is 0 Å². The number of hydrogen-bond acceptors (Lipinski definition) is 1. The lowest BCUT2D eigenvalue weighted by Gasteiger charge is -1.70. The van der Waals surface area contributed by atoms with E-state index in [1.54, 1.807) is 12.4 Å². The quantitative estimate of drug-likeness (QED) is 0.561. The van der Waals surface area contributed by atoms with Gasteiger partial charge in [-0.05, 0) is 12.1 Å². The normalized spacial score (nSPS) is 5.41. The van der Waals surface area contributed by atoms with Gasteiger partial charge in [0.25, 0.3) is 0 Å². The molecule has 1 aromatic rings. The van der Waals surface area contributed by atoms with E-state index in [1.807, 2.05) is 32.0 Å². The van der Waals surface area contributed by atoms with E-state index >= 15 is 0 Å². The molecule has 0 amide bonds. The Labute approximate surface area is 108 Å². The molecule has 1 aromatic heterocycles. The van der Waals surface area contributed by atoms with Crippen LogP contribution in [0.25, 0.3) is 0 Å². The summed E-state index contributed by atoms with van der Waals surface area (Å²) >= 11 is 0. The third-order valence-electron chi connectivity index (χ3n) is 0.566. The van der Waals surface area contributed by atoms with Crippen molar-refractivity contribution >= 4 is 7.56 Å². The summed E-state index contributed by atoms with van der Waals surface area (Å²) in [5.41, 5.74) is 0. The minimum Gasteiger partial charge on any atom is -0.343 e. The molecule has 1 heterocycles. The molecule has 0 bridgehead atoms. The average molecular weight is 247 g/mol. The first kappa shape index (κ1) is 29.8. The predicted molar refractivity (Wildman–Crippen MR) is 78.0 cm³/mol. The third kappa shape index (κ3) is 100. The van der Waals surface area contributed by atoms with E-state index in [9.17, 15) is 8.71 Å². The van der Waals surface area contributed by atoms with Crippen LogP contribution in [0.4, 0.5) is 8.71 Å². The molecule has 0 aromatic carbocycles. The first-order valence-corrected chi connectivity index (χ1v) is 5.44. The maximum atomic E-state index is 10.2. The first-order valence-electron chi connectivity index (χ1n) is 5.44. The van der Waals surface area contributed by atoms with Gasteiger partial charge in [0, 0.05) is 12.4 Å². The van der Waals surface area contributed by atoms with Crippen molar-refractivity contribution in [3.8, 4) is 0 Å². The van der Waals surface area contributed by atoms with Gasteiger partial charge in [-0.25, -0.2) is 0 Å². The smallest absolute Gasteiger partial charge is 0.343 e. The molecular weight excluding hydrogens is 218 g/mol. The Morgan fingerprint density at radius 3 is 1.29 bits per heavy atom. The summed E-state index contributed by atoms with van der Waals surface area (Å²) in [7, 11) is 1.00. The number of nitrogens with zero attached hydrogens (tertiary/aromatic N) is 1. The van der Waals surface area contributed by atoms with Gasteiger partial charge in [-0.1, -0.05) is 54.4 Å². The Kier molecular flexibility index (Phi) is 105. The van der Waals surface area contributed by atoms with Crippen molar-refractivity contribution in [3.05, 3.63) is 30.6 Å². The van der Waals surface area contributed by atoms with Gasteiger partial charge in [-0.15, -0.1) is 0 Å². The van der Waals surface area contributed by atoms with Crippen LogP contribution >= 0.6 is 0 Å². The van der Waals surface area contributed by atoms with Crippen LogP contribution in [0.15, 0.2) is 30.6 Å². The molecule has 0 unspecified atom stereocenters. The summed E-state index contributed by atoms with van der Waals surface area (Å²) < 4.78 is 19.7. The van der Waals surface area contributed by atoms with E-state index < -0.39 is 0 Å². The SMILES string of the molecule is C.CC.CCC.C[18F].C[B]F.c1ccncc1. The average Bonchev–Trinajstić information content (AvgIpc) is 2.38. The highest BCUT2D eigenvalue weighted by Crippen LogP contribution is 1.73. The molecule has 0 spiro atoms. The van der Waals surface area contributed by atoms with E-state index in [-0.39, 0.29) is 7.43 Å². The van der Waals surface area contributed by atoms with Gasteiger partial charge in [0.15, 0.2) is 0 Å². The van der Waals surface area contributed by atoms with Crippen molar-refractivity contribution in [2.45, 2.75) is 48.4 Å².